The number of aliphatic imine (C=N–C) groups is 1. The number of rotatable bonds is 9. The van der Waals surface area contributed by atoms with Gasteiger partial charge in [-0.1, -0.05) is 6.92 Å². The molecule has 1 aliphatic heterocycles. The molecule has 1 saturated carbocycles. The average molecular weight is 437 g/mol. The van der Waals surface area contributed by atoms with Crippen LogP contribution in [-0.4, -0.2) is 74.7 Å². The summed E-state index contributed by atoms with van der Waals surface area (Å²) in [5, 5.41) is 6.81. The molecular formula is C17H36IN5. The van der Waals surface area contributed by atoms with Crippen molar-refractivity contribution in [3.63, 3.8) is 0 Å². The largest absolute Gasteiger partial charge is 0.357 e. The van der Waals surface area contributed by atoms with Gasteiger partial charge in [-0.15, -0.1) is 24.0 Å². The second kappa shape index (κ2) is 12.3. The summed E-state index contributed by atoms with van der Waals surface area (Å²) >= 11 is 0. The van der Waals surface area contributed by atoms with Crippen molar-refractivity contribution in [2.75, 3.05) is 58.9 Å². The van der Waals surface area contributed by atoms with Crippen LogP contribution in [0.5, 0.6) is 0 Å². The molecule has 2 aliphatic rings. The van der Waals surface area contributed by atoms with E-state index in [0.717, 1.165) is 31.5 Å². The normalized spacial score (nSPS) is 20.2. The van der Waals surface area contributed by atoms with Crippen molar-refractivity contribution < 1.29 is 0 Å². The Balaban J connectivity index is 0.00000264. The molecule has 0 spiro atoms. The van der Waals surface area contributed by atoms with Crippen LogP contribution in [0.4, 0.5) is 0 Å². The lowest BCUT2D eigenvalue weighted by Gasteiger charge is -2.34. The highest BCUT2D eigenvalue weighted by molar-refractivity contribution is 14.0. The molecule has 0 atom stereocenters. The molecule has 2 N–H and O–H groups in total. The average Bonchev–Trinajstić information content (AvgIpc) is 3.37. The molecule has 1 heterocycles. The van der Waals surface area contributed by atoms with Crippen molar-refractivity contribution in [1.29, 1.82) is 0 Å². The van der Waals surface area contributed by atoms with E-state index in [-0.39, 0.29) is 24.0 Å². The van der Waals surface area contributed by atoms with Crippen molar-refractivity contribution in [3.05, 3.63) is 0 Å². The topological polar surface area (TPSA) is 42.9 Å². The maximum Gasteiger partial charge on any atom is 0.191 e. The summed E-state index contributed by atoms with van der Waals surface area (Å²) in [4.78, 5) is 9.81. The van der Waals surface area contributed by atoms with Crippen LogP contribution in [0.2, 0.25) is 0 Å². The molecule has 0 unspecified atom stereocenters. The second-order valence-corrected chi connectivity index (χ2v) is 6.57. The van der Waals surface area contributed by atoms with Gasteiger partial charge in [0.1, 0.15) is 0 Å². The van der Waals surface area contributed by atoms with Crippen molar-refractivity contribution in [1.82, 2.24) is 20.4 Å². The van der Waals surface area contributed by atoms with Gasteiger partial charge in [-0.05, 0) is 51.6 Å². The fraction of sp³-hybridized carbons (Fsp3) is 0.941. The Morgan fingerprint density at radius 1 is 1.00 bits per heavy atom. The lowest BCUT2D eigenvalue weighted by molar-refractivity contribution is 0.136. The van der Waals surface area contributed by atoms with E-state index in [9.17, 15) is 0 Å². The van der Waals surface area contributed by atoms with Gasteiger partial charge in [0.2, 0.25) is 0 Å². The lowest BCUT2D eigenvalue weighted by atomic mass is 10.2. The number of hydrogen-bond donors (Lipinski definition) is 2. The van der Waals surface area contributed by atoms with Gasteiger partial charge in [0.15, 0.2) is 5.96 Å². The van der Waals surface area contributed by atoms with Crippen LogP contribution in [0, 0.1) is 5.92 Å². The summed E-state index contributed by atoms with van der Waals surface area (Å²) in [6.07, 6.45) is 5.24. The predicted molar refractivity (Wildman–Crippen MR) is 110 cm³/mol. The first-order valence-electron chi connectivity index (χ1n) is 9.28. The number of halogens is 1. The highest BCUT2D eigenvalue weighted by Crippen LogP contribution is 2.28. The predicted octanol–water partition coefficient (Wildman–Crippen LogP) is 1.99. The summed E-state index contributed by atoms with van der Waals surface area (Å²) in [7, 11) is 0. The number of likely N-dealkylation sites (N-methyl/N-ethyl adjacent to an activating group) is 1. The van der Waals surface area contributed by atoms with Crippen LogP contribution >= 0.6 is 24.0 Å². The SMILES string of the molecule is CCNC(=NCC1CC1)NCCCCN1CCN(CC)CC1.I. The maximum absolute atomic E-state index is 4.66. The van der Waals surface area contributed by atoms with Gasteiger partial charge in [-0.3, -0.25) is 4.99 Å². The Bertz CT molecular complexity index is 325. The molecule has 5 nitrogen and oxygen atoms in total. The van der Waals surface area contributed by atoms with E-state index >= 15 is 0 Å². The summed E-state index contributed by atoms with van der Waals surface area (Å²) in [5.41, 5.74) is 0. The van der Waals surface area contributed by atoms with Crippen LogP contribution in [-0.2, 0) is 0 Å². The zero-order valence-electron chi connectivity index (χ0n) is 15.0. The highest BCUT2D eigenvalue weighted by Gasteiger charge is 2.20. The lowest BCUT2D eigenvalue weighted by Crippen LogP contribution is -2.46. The molecule has 1 aliphatic carbocycles. The number of nitrogens with zero attached hydrogens (tertiary/aromatic N) is 3. The Labute approximate surface area is 159 Å². The molecule has 23 heavy (non-hydrogen) atoms. The van der Waals surface area contributed by atoms with E-state index in [2.05, 4.69) is 39.3 Å². The standard InChI is InChI=1S/C17H35N5.HI/c1-3-18-17(20-15-16-7-8-16)19-9-5-6-10-22-13-11-21(4-2)12-14-22;/h16H,3-15H2,1-2H3,(H2,18,19,20);1H. The minimum absolute atomic E-state index is 0. The van der Waals surface area contributed by atoms with E-state index in [0.29, 0.717) is 0 Å². The third-order valence-corrected chi connectivity index (χ3v) is 4.65. The van der Waals surface area contributed by atoms with Gasteiger partial charge >= 0.3 is 0 Å². The van der Waals surface area contributed by atoms with Gasteiger partial charge in [-0.25, -0.2) is 0 Å². The van der Waals surface area contributed by atoms with E-state index in [1.807, 2.05) is 0 Å². The number of unbranched alkanes of at least 4 members (excludes halogenated alkanes) is 1. The Kier molecular flexibility index (Phi) is 11.2. The van der Waals surface area contributed by atoms with E-state index in [1.165, 1.54) is 65.0 Å². The van der Waals surface area contributed by atoms with Gasteiger partial charge in [-0.2, -0.15) is 0 Å². The monoisotopic (exact) mass is 437 g/mol. The summed E-state index contributed by atoms with van der Waals surface area (Å²) in [6, 6.07) is 0. The quantitative estimate of drug-likeness (QED) is 0.251. The number of guanidine groups is 1. The van der Waals surface area contributed by atoms with E-state index in [1.54, 1.807) is 0 Å². The molecule has 2 rings (SSSR count). The van der Waals surface area contributed by atoms with E-state index < -0.39 is 0 Å². The fourth-order valence-corrected chi connectivity index (χ4v) is 2.86. The molecular weight excluding hydrogens is 401 g/mol. The van der Waals surface area contributed by atoms with Gasteiger partial charge < -0.3 is 20.4 Å². The molecule has 0 aromatic heterocycles. The van der Waals surface area contributed by atoms with Gasteiger partial charge in [0.05, 0.1) is 0 Å². The second-order valence-electron chi connectivity index (χ2n) is 6.57. The molecule has 0 aromatic carbocycles. The van der Waals surface area contributed by atoms with Crippen molar-refractivity contribution in [2.45, 2.75) is 39.5 Å². The van der Waals surface area contributed by atoms with Crippen molar-refractivity contribution in [2.24, 2.45) is 10.9 Å². The summed E-state index contributed by atoms with van der Waals surface area (Å²) < 4.78 is 0. The Morgan fingerprint density at radius 3 is 2.30 bits per heavy atom. The minimum atomic E-state index is 0. The van der Waals surface area contributed by atoms with Crippen LogP contribution in [0.3, 0.4) is 0 Å². The van der Waals surface area contributed by atoms with Crippen LogP contribution in [0.1, 0.15) is 39.5 Å². The fourth-order valence-electron chi connectivity index (χ4n) is 2.86. The van der Waals surface area contributed by atoms with Crippen molar-refractivity contribution in [3.8, 4) is 0 Å². The number of hydrogen-bond acceptors (Lipinski definition) is 3. The molecule has 0 bridgehead atoms. The number of piperazine rings is 1. The molecule has 0 radical (unpaired) electrons. The van der Waals surface area contributed by atoms with Crippen LogP contribution in [0.15, 0.2) is 4.99 Å². The Morgan fingerprint density at radius 2 is 1.70 bits per heavy atom. The third-order valence-electron chi connectivity index (χ3n) is 4.65. The first kappa shape index (κ1) is 21.0. The smallest absolute Gasteiger partial charge is 0.191 e. The zero-order chi connectivity index (χ0) is 15.6. The molecule has 1 saturated heterocycles. The first-order valence-corrected chi connectivity index (χ1v) is 9.28. The molecule has 2 fully saturated rings. The van der Waals surface area contributed by atoms with Gasteiger partial charge in [0, 0.05) is 45.8 Å². The summed E-state index contributed by atoms with van der Waals surface area (Å²) in [5.74, 6) is 1.86. The van der Waals surface area contributed by atoms with Crippen molar-refractivity contribution >= 4 is 29.9 Å². The number of nitrogens with one attached hydrogen (secondary N) is 2. The first-order chi connectivity index (χ1) is 10.8. The Hall–Kier alpha value is -0.0800. The molecule has 136 valence electrons. The minimum Gasteiger partial charge on any atom is -0.357 e. The molecule has 0 amide bonds. The maximum atomic E-state index is 4.66. The molecule has 6 heteroatoms. The van der Waals surface area contributed by atoms with Crippen LogP contribution < -0.4 is 10.6 Å². The zero-order valence-corrected chi connectivity index (χ0v) is 17.3. The highest BCUT2D eigenvalue weighted by atomic mass is 127. The third kappa shape index (κ3) is 9.10. The summed E-state index contributed by atoms with van der Waals surface area (Å²) in [6.45, 7) is 14.8. The van der Waals surface area contributed by atoms with E-state index in [4.69, 9.17) is 0 Å². The molecule has 0 aromatic rings. The van der Waals surface area contributed by atoms with Crippen LogP contribution in [0.25, 0.3) is 0 Å². The van der Waals surface area contributed by atoms with Gasteiger partial charge in [0.25, 0.3) is 0 Å².